The monoisotopic (exact) mass is 798 g/mol. The molecule has 3 atom stereocenters. The van der Waals surface area contributed by atoms with Crippen LogP contribution in [0.25, 0.3) is 11.0 Å². The van der Waals surface area contributed by atoms with Crippen LogP contribution in [0.5, 0.6) is 5.75 Å². The van der Waals surface area contributed by atoms with Gasteiger partial charge in [-0.1, -0.05) is 92.7 Å². The third kappa shape index (κ3) is 9.22. The maximum Gasteiger partial charge on any atom is 0.340 e. The van der Waals surface area contributed by atoms with Crippen LogP contribution in [0.4, 0.5) is 0 Å². The van der Waals surface area contributed by atoms with Gasteiger partial charge in [0.25, 0.3) is 0 Å². The molecule has 0 radical (unpaired) electrons. The predicted molar refractivity (Wildman–Crippen MR) is 226 cm³/mol. The van der Waals surface area contributed by atoms with Crippen molar-refractivity contribution in [2.24, 2.45) is 5.92 Å². The van der Waals surface area contributed by atoms with Crippen molar-refractivity contribution in [1.82, 2.24) is 0 Å². The molecule has 0 saturated carbocycles. The van der Waals surface area contributed by atoms with Crippen LogP contribution in [0, 0.1) is 5.92 Å². The molecule has 2 N–H and O–H groups in total. The molecule has 4 heterocycles. The van der Waals surface area contributed by atoms with E-state index >= 15 is 0 Å². The molecule has 3 unspecified atom stereocenters. The van der Waals surface area contributed by atoms with Crippen LogP contribution in [-0.4, -0.2) is 40.5 Å². The molecule has 0 saturated heterocycles. The minimum Gasteiger partial charge on any atom is -0.483 e. The van der Waals surface area contributed by atoms with Gasteiger partial charge in [0, 0.05) is 22.9 Å². The van der Waals surface area contributed by atoms with Gasteiger partial charge in [0.05, 0.1) is 18.8 Å². The van der Waals surface area contributed by atoms with Crippen molar-refractivity contribution < 1.29 is 38.4 Å². The molecule has 308 valence electrons. The molecule has 2 bridgehead atoms. The van der Waals surface area contributed by atoms with Gasteiger partial charge >= 0.3 is 17.6 Å². The van der Waals surface area contributed by atoms with Crippen molar-refractivity contribution in [3.63, 3.8) is 0 Å². The van der Waals surface area contributed by atoms with Gasteiger partial charge in [0.15, 0.2) is 12.2 Å². The van der Waals surface area contributed by atoms with Crippen molar-refractivity contribution in [1.29, 1.82) is 0 Å². The average Bonchev–Trinajstić information content (AvgIpc) is 3.20. The van der Waals surface area contributed by atoms with Crippen molar-refractivity contribution in [2.75, 3.05) is 6.61 Å². The number of benzene rings is 4. The fourth-order valence-corrected chi connectivity index (χ4v) is 8.66. The minimum atomic E-state index is -1.24. The van der Waals surface area contributed by atoms with Crippen LogP contribution in [0.1, 0.15) is 110 Å². The number of carbonyl (C=O) groups excluding carboxylic acids is 2. The van der Waals surface area contributed by atoms with Gasteiger partial charge in [-0.25, -0.2) is 9.59 Å². The van der Waals surface area contributed by atoms with E-state index in [2.05, 4.69) is 60.7 Å². The molecule has 9 nitrogen and oxygen atoms in total. The fraction of sp³-hybridized carbons (Fsp3) is 0.380. The van der Waals surface area contributed by atoms with Gasteiger partial charge in [-0.3, -0.25) is 4.79 Å². The molecular formula is C50H54O9. The largest absolute Gasteiger partial charge is 0.483 e. The van der Waals surface area contributed by atoms with Crippen LogP contribution in [0.3, 0.4) is 0 Å². The number of carbonyl (C=O) groups is 2. The minimum absolute atomic E-state index is 0.0715. The van der Waals surface area contributed by atoms with E-state index in [0.29, 0.717) is 59.1 Å². The summed E-state index contributed by atoms with van der Waals surface area (Å²) < 4.78 is 25.4. The van der Waals surface area contributed by atoms with Gasteiger partial charge in [-0.05, 0) is 122 Å². The third-order valence-corrected chi connectivity index (χ3v) is 11.8. The molecule has 0 amide bonds. The molecule has 3 aliphatic rings. The Morgan fingerprint density at radius 2 is 1.53 bits per heavy atom. The van der Waals surface area contributed by atoms with Crippen molar-refractivity contribution in [3.05, 3.63) is 157 Å². The van der Waals surface area contributed by atoms with E-state index in [9.17, 15) is 24.6 Å². The summed E-state index contributed by atoms with van der Waals surface area (Å²) in [5.74, 6) is -1.21. The normalized spacial score (nSPS) is 20.4. The maximum atomic E-state index is 14.5. The van der Waals surface area contributed by atoms with Crippen molar-refractivity contribution in [3.8, 4) is 5.75 Å². The Morgan fingerprint density at radius 1 is 0.814 bits per heavy atom. The van der Waals surface area contributed by atoms with Crippen LogP contribution in [0.15, 0.2) is 111 Å². The van der Waals surface area contributed by atoms with E-state index in [1.807, 2.05) is 32.0 Å². The summed E-state index contributed by atoms with van der Waals surface area (Å²) in [6.45, 7) is 8.15. The highest BCUT2D eigenvalue weighted by atomic mass is 16.6. The molecule has 0 spiro atoms. The van der Waals surface area contributed by atoms with Crippen LogP contribution >= 0.6 is 0 Å². The van der Waals surface area contributed by atoms with E-state index < -0.39 is 42.0 Å². The summed E-state index contributed by atoms with van der Waals surface area (Å²) >= 11 is 0. The highest BCUT2D eigenvalue weighted by molar-refractivity contribution is 5.90. The summed E-state index contributed by atoms with van der Waals surface area (Å²) in [7, 11) is 0. The van der Waals surface area contributed by atoms with Gasteiger partial charge in [-0.15, -0.1) is 0 Å². The van der Waals surface area contributed by atoms with Gasteiger partial charge in [0.2, 0.25) is 0 Å². The summed E-state index contributed by atoms with van der Waals surface area (Å²) in [6, 6.07) is 30.7. The first-order chi connectivity index (χ1) is 28.3. The second kappa shape index (κ2) is 17.8. The lowest BCUT2D eigenvalue weighted by Gasteiger charge is -2.43. The lowest BCUT2D eigenvalue weighted by molar-refractivity contribution is -0.188. The molecule has 59 heavy (non-hydrogen) atoms. The molecule has 9 heteroatoms. The van der Waals surface area contributed by atoms with Crippen LogP contribution in [0.2, 0.25) is 0 Å². The molecule has 3 aliphatic heterocycles. The smallest absolute Gasteiger partial charge is 0.340 e. The lowest BCUT2D eigenvalue weighted by atomic mass is 9.85. The van der Waals surface area contributed by atoms with E-state index in [0.717, 1.165) is 24.0 Å². The number of fused-ring (bicyclic) bond motifs is 13. The lowest BCUT2D eigenvalue weighted by Crippen LogP contribution is -2.52. The van der Waals surface area contributed by atoms with Gasteiger partial charge < -0.3 is 28.8 Å². The second-order valence-electron chi connectivity index (χ2n) is 16.9. The topological polar surface area (TPSA) is 133 Å². The Labute approximate surface area is 345 Å². The standard InChI is InChI=1S/C50H54O9/c1-30(2)43-40(29-52)39-22-23-41-44(45(39)57-49(43)55)46-47(50(4,5)59-41)58-48(54)38(31(3)28-51)21-20-32-14-16-35(17-15-32)26-37(27-42(53)56-46)19-18-34-12-9-13-36(25-34)24-33-10-7-6-8-11-33/h6-17,22-23,25,30,37,46-47,51-52H,18-21,24,26-29H2,1-5H3. The van der Waals surface area contributed by atoms with E-state index in [1.165, 1.54) is 16.7 Å². The summed E-state index contributed by atoms with van der Waals surface area (Å²) in [5.41, 5.74) is 5.81. The number of hydrogen-bond acceptors (Lipinski definition) is 9. The molecule has 4 aromatic carbocycles. The number of rotatable bonds is 8. The number of esters is 2. The number of ether oxygens (including phenoxy) is 3. The van der Waals surface area contributed by atoms with Gasteiger partial charge in [0.1, 0.15) is 16.9 Å². The van der Waals surface area contributed by atoms with Crippen molar-refractivity contribution >= 4 is 22.9 Å². The first kappa shape index (κ1) is 41.6. The zero-order valence-electron chi connectivity index (χ0n) is 34.6. The Balaban J connectivity index is 1.29. The van der Waals surface area contributed by atoms with Gasteiger partial charge in [-0.2, -0.15) is 0 Å². The van der Waals surface area contributed by atoms with Crippen molar-refractivity contribution in [2.45, 2.75) is 110 Å². The number of aliphatic hydroxyl groups is 2. The molecule has 1 aromatic heterocycles. The van der Waals surface area contributed by atoms with E-state index in [1.54, 1.807) is 32.9 Å². The zero-order chi connectivity index (χ0) is 41.8. The average molecular weight is 799 g/mol. The Hall–Kier alpha value is -5.51. The first-order valence-corrected chi connectivity index (χ1v) is 20.7. The molecule has 0 aliphatic carbocycles. The quantitative estimate of drug-likeness (QED) is 0.0898. The highest BCUT2D eigenvalue weighted by Gasteiger charge is 2.50. The summed E-state index contributed by atoms with van der Waals surface area (Å²) in [4.78, 5) is 42.3. The first-order valence-electron chi connectivity index (χ1n) is 20.7. The number of aliphatic hydroxyl groups excluding tert-OH is 2. The SMILES string of the molecule is CC(CO)=C1CCc2ccc(cc2)CC(CCc2cccc(Cc3ccccc3)c2)CC(=O)OC2c3c(ccc4c(CO)c(C(C)C)c(=O)oc34)OC(C)(C)C2OC1=O. The maximum absolute atomic E-state index is 14.5. The van der Waals surface area contributed by atoms with Crippen LogP contribution in [-0.2, 0) is 51.4 Å². The molecule has 8 rings (SSSR count). The van der Waals surface area contributed by atoms with Crippen LogP contribution < -0.4 is 10.4 Å². The summed E-state index contributed by atoms with van der Waals surface area (Å²) in [6.07, 6.45) is 1.41. The Morgan fingerprint density at radius 3 is 2.24 bits per heavy atom. The highest BCUT2D eigenvalue weighted by Crippen LogP contribution is 2.48. The molecule has 0 fully saturated rings. The third-order valence-electron chi connectivity index (χ3n) is 11.8. The van der Waals surface area contributed by atoms with E-state index in [-0.39, 0.29) is 36.0 Å². The molecular weight excluding hydrogens is 745 g/mol. The summed E-state index contributed by atoms with van der Waals surface area (Å²) in [5, 5.41) is 21.2. The zero-order valence-corrected chi connectivity index (χ0v) is 34.6. The number of aryl methyl sites for hydroxylation is 2. The Bertz CT molecular complexity index is 2410. The second-order valence-corrected chi connectivity index (χ2v) is 16.9. The van der Waals surface area contributed by atoms with E-state index in [4.69, 9.17) is 18.6 Å². The molecule has 5 aromatic rings. The Kier molecular flexibility index (Phi) is 12.5. The fourth-order valence-electron chi connectivity index (χ4n) is 8.66. The number of hydrogen-bond donors (Lipinski definition) is 2. The predicted octanol–water partition coefficient (Wildman–Crippen LogP) is 8.80.